The molecule has 0 fully saturated rings. The number of nitrogens with zero attached hydrogens (tertiary/aromatic N) is 1. The monoisotopic (exact) mass is 373 g/mol. The predicted octanol–water partition coefficient (Wildman–Crippen LogP) is 4.18. The maximum Gasteiger partial charge on any atom is 0.222 e. The fourth-order valence-corrected chi connectivity index (χ4v) is 3.66. The second-order valence-corrected chi connectivity index (χ2v) is 8.20. The molecular formula is C23H35NO3. The largest absolute Gasteiger partial charge is 0.393 e. The van der Waals surface area contributed by atoms with Crippen LogP contribution in [0, 0.1) is 11.8 Å². The molecule has 0 saturated carbocycles. The fraction of sp³-hybridized carbons (Fsp3) is 0.609. The van der Waals surface area contributed by atoms with E-state index in [4.69, 9.17) is 4.74 Å². The zero-order valence-electron chi connectivity index (χ0n) is 17.2. The molecule has 0 saturated heterocycles. The molecular weight excluding hydrogens is 338 g/mol. The Morgan fingerprint density at radius 2 is 2.00 bits per heavy atom. The van der Waals surface area contributed by atoms with Gasteiger partial charge in [-0.2, -0.15) is 0 Å². The highest BCUT2D eigenvalue weighted by atomic mass is 16.5. The number of amides is 1. The standard InChI is InChI=1S/C23H35NO3/c1-17-10-11-20(13-21(17)15-23(26)24(3)4)14-22(12-18(2)25)27-16-19-8-6-5-7-9-19/h5-9,13,17-18,21-22,25H,10-12,14-16H2,1-4H3/t17-,18?,21-,22-/m0/s1. The van der Waals surface area contributed by atoms with Crippen LogP contribution in [0.25, 0.3) is 0 Å². The summed E-state index contributed by atoms with van der Waals surface area (Å²) in [7, 11) is 3.63. The summed E-state index contributed by atoms with van der Waals surface area (Å²) in [6, 6.07) is 10.1. The number of carbonyl (C=O) groups excluding carboxylic acids is 1. The van der Waals surface area contributed by atoms with E-state index < -0.39 is 0 Å². The number of hydrogen-bond donors (Lipinski definition) is 1. The molecule has 4 nitrogen and oxygen atoms in total. The van der Waals surface area contributed by atoms with Crippen molar-refractivity contribution in [2.75, 3.05) is 14.1 Å². The van der Waals surface area contributed by atoms with E-state index in [0.29, 0.717) is 31.3 Å². The van der Waals surface area contributed by atoms with E-state index in [1.54, 1.807) is 4.90 Å². The topological polar surface area (TPSA) is 49.8 Å². The maximum atomic E-state index is 12.1. The molecule has 27 heavy (non-hydrogen) atoms. The third kappa shape index (κ3) is 7.47. The van der Waals surface area contributed by atoms with E-state index in [0.717, 1.165) is 24.8 Å². The molecule has 0 aliphatic heterocycles. The van der Waals surface area contributed by atoms with Gasteiger partial charge in [0.2, 0.25) is 5.91 Å². The van der Waals surface area contributed by atoms with Crippen molar-refractivity contribution in [3.63, 3.8) is 0 Å². The summed E-state index contributed by atoms with van der Waals surface area (Å²) in [5, 5.41) is 9.87. The molecule has 1 aliphatic rings. The minimum atomic E-state index is -0.389. The number of aliphatic hydroxyl groups excluding tert-OH is 1. The lowest BCUT2D eigenvalue weighted by Gasteiger charge is -2.30. The summed E-state index contributed by atoms with van der Waals surface area (Å²) < 4.78 is 6.15. The van der Waals surface area contributed by atoms with Crippen LogP contribution in [-0.4, -0.2) is 42.2 Å². The summed E-state index contributed by atoms with van der Waals surface area (Å²) in [5.41, 5.74) is 2.51. The average molecular weight is 374 g/mol. The molecule has 4 heteroatoms. The van der Waals surface area contributed by atoms with Gasteiger partial charge in [0.15, 0.2) is 0 Å². The Morgan fingerprint density at radius 3 is 2.63 bits per heavy atom. The van der Waals surface area contributed by atoms with Crippen molar-refractivity contribution in [2.24, 2.45) is 11.8 Å². The van der Waals surface area contributed by atoms with Gasteiger partial charge in [-0.25, -0.2) is 0 Å². The Morgan fingerprint density at radius 1 is 1.30 bits per heavy atom. The summed E-state index contributed by atoms with van der Waals surface area (Å²) in [6.45, 7) is 4.61. The summed E-state index contributed by atoms with van der Waals surface area (Å²) in [4.78, 5) is 13.8. The van der Waals surface area contributed by atoms with Gasteiger partial charge in [0.25, 0.3) is 0 Å². The second kappa shape index (κ2) is 10.6. The highest BCUT2D eigenvalue weighted by molar-refractivity contribution is 5.76. The average Bonchev–Trinajstić information content (AvgIpc) is 2.62. The van der Waals surface area contributed by atoms with E-state index in [-0.39, 0.29) is 18.1 Å². The molecule has 1 amide bonds. The first-order valence-electron chi connectivity index (χ1n) is 10.1. The number of carbonyl (C=O) groups is 1. The molecule has 1 aromatic carbocycles. The zero-order valence-corrected chi connectivity index (χ0v) is 17.2. The number of allylic oxidation sites excluding steroid dienone is 1. The summed E-state index contributed by atoms with van der Waals surface area (Å²) in [5.74, 6) is 1.01. The molecule has 4 atom stereocenters. The first kappa shape index (κ1) is 21.6. The van der Waals surface area contributed by atoms with Crippen LogP contribution >= 0.6 is 0 Å². The van der Waals surface area contributed by atoms with Crippen molar-refractivity contribution >= 4 is 5.91 Å². The smallest absolute Gasteiger partial charge is 0.222 e. The van der Waals surface area contributed by atoms with Crippen molar-refractivity contribution in [2.45, 2.75) is 64.8 Å². The summed E-state index contributed by atoms with van der Waals surface area (Å²) >= 11 is 0. The van der Waals surface area contributed by atoms with Crippen LogP contribution in [0.15, 0.2) is 42.0 Å². The molecule has 1 aromatic rings. The van der Waals surface area contributed by atoms with Crippen molar-refractivity contribution in [1.82, 2.24) is 4.90 Å². The third-order valence-corrected chi connectivity index (χ3v) is 5.43. The molecule has 2 rings (SSSR count). The van der Waals surface area contributed by atoms with Crippen LogP contribution in [0.3, 0.4) is 0 Å². The molecule has 0 spiro atoms. The molecule has 0 bridgehead atoms. The van der Waals surface area contributed by atoms with Gasteiger partial charge < -0.3 is 14.7 Å². The van der Waals surface area contributed by atoms with Crippen molar-refractivity contribution < 1.29 is 14.6 Å². The molecule has 1 N–H and O–H groups in total. The third-order valence-electron chi connectivity index (χ3n) is 5.43. The van der Waals surface area contributed by atoms with Crippen LogP contribution in [0.2, 0.25) is 0 Å². The highest BCUT2D eigenvalue weighted by Crippen LogP contribution is 2.33. The highest BCUT2D eigenvalue weighted by Gasteiger charge is 2.25. The first-order valence-corrected chi connectivity index (χ1v) is 10.1. The molecule has 1 unspecified atom stereocenters. The van der Waals surface area contributed by atoms with Gasteiger partial charge in [0.05, 0.1) is 18.8 Å². The van der Waals surface area contributed by atoms with Gasteiger partial charge in [-0.05, 0) is 50.0 Å². The van der Waals surface area contributed by atoms with Crippen LogP contribution in [0.4, 0.5) is 0 Å². The Hall–Kier alpha value is -1.65. The molecule has 150 valence electrons. The minimum absolute atomic E-state index is 0.00457. The Bertz CT molecular complexity index is 609. The second-order valence-electron chi connectivity index (χ2n) is 8.20. The van der Waals surface area contributed by atoms with Gasteiger partial charge >= 0.3 is 0 Å². The van der Waals surface area contributed by atoms with Crippen molar-refractivity contribution in [3.05, 3.63) is 47.5 Å². The van der Waals surface area contributed by atoms with Crippen molar-refractivity contribution in [1.29, 1.82) is 0 Å². The van der Waals surface area contributed by atoms with E-state index in [1.165, 1.54) is 5.57 Å². The van der Waals surface area contributed by atoms with Crippen LogP contribution in [0.5, 0.6) is 0 Å². The number of rotatable bonds is 9. The SMILES string of the molecule is CC(O)C[C@@H](CC1=C[C@@H](CC(=O)N(C)C)[C@@H](C)CC1)OCc1ccccc1. The van der Waals surface area contributed by atoms with Crippen LogP contribution in [0.1, 0.15) is 51.5 Å². The Labute approximate surface area is 164 Å². The molecule has 0 aromatic heterocycles. The van der Waals surface area contributed by atoms with E-state index in [1.807, 2.05) is 39.2 Å². The lowest BCUT2D eigenvalue weighted by Crippen LogP contribution is -2.28. The van der Waals surface area contributed by atoms with Gasteiger partial charge in [-0.1, -0.05) is 48.9 Å². The van der Waals surface area contributed by atoms with Crippen LogP contribution < -0.4 is 0 Å². The molecule has 0 heterocycles. The number of ether oxygens (including phenoxy) is 1. The molecule has 0 radical (unpaired) electrons. The van der Waals surface area contributed by atoms with Gasteiger partial charge in [-0.15, -0.1) is 0 Å². The van der Waals surface area contributed by atoms with Crippen molar-refractivity contribution in [3.8, 4) is 0 Å². The zero-order chi connectivity index (χ0) is 19.8. The first-order chi connectivity index (χ1) is 12.8. The number of benzene rings is 1. The maximum absolute atomic E-state index is 12.1. The predicted molar refractivity (Wildman–Crippen MR) is 109 cm³/mol. The van der Waals surface area contributed by atoms with Gasteiger partial charge in [0, 0.05) is 20.5 Å². The summed E-state index contributed by atoms with van der Waals surface area (Å²) in [6.07, 6.45) is 6.10. The lowest BCUT2D eigenvalue weighted by atomic mass is 9.78. The minimum Gasteiger partial charge on any atom is -0.393 e. The Kier molecular flexibility index (Phi) is 8.52. The molecule has 1 aliphatic carbocycles. The van der Waals surface area contributed by atoms with E-state index in [2.05, 4.69) is 25.1 Å². The van der Waals surface area contributed by atoms with Crippen LogP contribution in [-0.2, 0) is 16.1 Å². The van der Waals surface area contributed by atoms with Gasteiger partial charge in [0.1, 0.15) is 0 Å². The lowest BCUT2D eigenvalue weighted by molar-refractivity contribution is -0.129. The van der Waals surface area contributed by atoms with Gasteiger partial charge in [-0.3, -0.25) is 4.79 Å². The van der Waals surface area contributed by atoms with E-state index >= 15 is 0 Å². The van der Waals surface area contributed by atoms with E-state index in [9.17, 15) is 9.90 Å². The number of hydrogen-bond acceptors (Lipinski definition) is 3. The quantitative estimate of drug-likeness (QED) is 0.661. The normalized spacial score (nSPS) is 22.0. The Balaban J connectivity index is 2.00. The fourth-order valence-electron chi connectivity index (χ4n) is 3.66. The number of aliphatic hydroxyl groups is 1.